The lowest BCUT2D eigenvalue weighted by atomic mass is 9.90. The van der Waals surface area contributed by atoms with Gasteiger partial charge in [-0.2, -0.15) is 0 Å². The Morgan fingerprint density at radius 2 is 1.79 bits per heavy atom. The summed E-state index contributed by atoms with van der Waals surface area (Å²) < 4.78 is 27.0. The lowest BCUT2D eigenvalue weighted by molar-refractivity contribution is 0.0860. The molecule has 33 heavy (non-hydrogen) atoms. The van der Waals surface area contributed by atoms with E-state index in [1.165, 1.54) is 17.4 Å². The Kier molecular flexibility index (Phi) is 5.88. The maximum absolute atomic E-state index is 13.5. The highest BCUT2D eigenvalue weighted by molar-refractivity contribution is 7.13. The van der Waals surface area contributed by atoms with E-state index >= 15 is 0 Å². The van der Waals surface area contributed by atoms with Gasteiger partial charge in [0.1, 0.15) is 5.69 Å². The minimum absolute atomic E-state index is 0.209. The Labute approximate surface area is 193 Å². The molecule has 5 rings (SSSR count). The number of halogens is 2. The number of hydrogen-bond donors (Lipinski definition) is 3. The van der Waals surface area contributed by atoms with E-state index in [2.05, 4.69) is 32.5 Å². The molecule has 2 aromatic heterocycles. The normalized spacial score (nSPS) is 21.1. The molecule has 0 unspecified atom stereocenters. The Morgan fingerprint density at radius 1 is 1.09 bits per heavy atom. The predicted octanol–water partition coefficient (Wildman–Crippen LogP) is 3.36. The van der Waals surface area contributed by atoms with E-state index in [4.69, 9.17) is 0 Å². The van der Waals surface area contributed by atoms with Gasteiger partial charge in [0.2, 0.25) is 0 Å². The van der Waals surface area contributed by atoms with Crippen LogP contribution in [0.15, 0.2) is 18.2 Å². The summed E-state index contributed by atoms with van der Waals surface area (Å²) in [5.74, 6) is -2.51. The number of rotatable bonds is 4. The van der Waals surface area contributed by atoms with Gasteiger partial charge < -0.3 is 20.5 Å². The van der Waals surface area contributed by atoms with Gasteiger partial charge in [-0.1, -0.05) is 12.8 Å². The number of likely N-dealkylation sites (N-methyl/N-ethyl adjacent to an activating group) is 1. The van der Waals surface area contributed by atoms with Gasteiger partial charge in [0.25, 0.3) is 11.8 Å². The fraction of sp³-hybridized carbons (Fsp3) is 0.435. The van der Waals surface area contributed by atoms with Crippen LogP contribution in [0.3, 0.4) is 0 Å². The molecule has 3 N–H and O–H groups in total. The van der Waals surface area contributed by atoms with Gasteiger partial charge in [0, 0.05) is 53.4 Å². The number of hydrogen-bond acceptors (Lipinski definition) is 5. The number of carbonyl (C=O) groups is 2. The molecular formula is C23H25F2N5O2S. The van der Waals surface area contributed by atoms with E-state index in [1.807, 2.05) is 0 Å². The maximum Gasteiger partial charge on any atom is 0.280 e. The first-order chi connectivity index (χ1) is 15.9. The number of aromatic nitrogens is 2. The predicted molar refractivity (Wildman–Crippen MR) is 121 cm³/mol. The average Bonchev–Trinajstić information content (AvgIpc) is 3.39. The summed E-state index contributed by atoms with van der Waals surface area (Å²) >= 11 is 1.43. The zero-order valence-corrected chi connectivity index (χ0v) is 19.0. The van der Waals surface area contributed by atoms with Crippen LogP contribution in [0.4, 0.5) is 8.78 Å². The summed E-state index contributed by atoms with van der Waals surface area (Å²) in [6, 6.07) is 3.15. The molecule has 10 heteroatoms. The van der Waals surface area contributed by atoms with Gasteiger partial charge in [-0.05, 0) is 32.0 Å². The minimum atomic E-state index is -0.970. The molecule has 7 nitrogen and oxygen atoms in total. The van der Waals surface area contributed by atoms with Crippen molar-refractivity contribution in [3.05, 3.63) is 51.1 Å². The molecule has 1 fully saturated rings. The second-order valence-corrected chi connectivity index (χ2v) is 9.94. The zero-order valence-electron chi connectivity index (χ0n) is 18.2. The number of benzene rings is 1. The summed E-state index contributed by atoms with van der Waals surface area (Å²) in [7, 11) is 2.05. The molecule has 1 aromatic carbocycles. The second-order valence-electron chi connectivity index (χ2n) is 8.86. The molecule has 0 bridgehead atoms. The molecule has 1 aliphatic carbocycles. The number of thiazole rings is 1. The van der Waals surface area contributed by atoms with Gasteiger partial charge >= 0.3 is 0 Å². The number of nitrogens with zero attached hydrogens (tertiary/aromatic N) is 2. The first-order valence-corrected chi connectivity index (χ1v) is 12.0. The largest absolute Gasteiger partial charge is 0.350 e. The molecule has 0 spiro atoms. The van der Waals surface area contributed by atoms with Gasteiger partial charge in [-0.15, -0.1) is 11.3 Å². The number of fused-ring (bicyclic) bond motifs is 2. The fourth-order valence-electron chi connectivity index (χ4n) is 4.62. The van der Waals surface area contributed by atoms with Crippen molar-refractivity contribution in [2.24, 2.45) is 0 Å². The van der Waals surface area contributed by atoms with Crippen LogP contribution in [-0.2, 0) is 13.0 Å². The van der Waals surface area contributed by atoms with Crippen LogP contribution in [0, 0.1) is 11.6 Å². The lowest BCUT2D eigenvalue weighted by Crippen LogP contribution is -2.53. The molecule has 3 heterocycles. The third-order valence-corrected chi connectivity index (χ3v) is 7.50. The van der Waals surface area contributed by atoms with E-state index in [1.54, 1.807) is 0 Å². The third kappa shape index (κ3) is 4.49. The third-order valence-electron chi connectivity index (χ3n) is 6.42. The topological polar surface area (TPSA) is 90.1 Å². The highest BCUT2D eigenvalue weighted by atomic mass is 32.1. The minimum Gasteiger partial charge on any atom is -0.350 e. The SMILES string of the molecule is CN1CCc2nc(C(=O)N[C@@H]3CCCC[C@H]3NC(=O)c3cc4cc(F)c(F)cc4[nH]3)sc2C1. The van der Waals surface area contributed by atoms with Crippen LogP contribution in [-0.4, -0.2) is 52.4 Å². The van der Waals surface area contributed by atoms with Crippen molar-refractivity contribution in [2.45, 2.75) is 50.7 Å². The van der Waals surface area contributed by atoms with Crippen molar-refractivity contribution in [3.8, 4) is 0 Å². The molecule has 0 saturated heterocycles. The van der Waals surface area contributed by atoms with Crippen molar-refractivity contribution >= 4 is 34.1 Å². The number of aromatic amines is 1. The van der Waals surface area contributed by atoms with Gasteiger partial charge in [0.05, 0.1) is 5.69 Å². The second kappa shape index (κ2) is 8.83. The first kappa shape index (κ1) is 22.0. The number of carbonyl (C=O) groups excluding carboxylic acids is 2. The van der Waals surface area contributed by atoms with Crippen molar-refractivity contribution in [2.75, 3.05) is 13.6 Å². The van der Waals surface area contributed by atoms with Crippen molar-refractivity contribution in [3.63, 3.8) is 0 Å². The Bertz CT molecular complexity index is 1180. The van der Waals surface area contributed by atoms with Crippen LogP contribution < -0.4 is 10.6 Å². The highest BCUT2D eigenvalue weighted by Crippen LogP contribution is 2.26. The summed E-state index contributed by atoms with van der Waals surface area (Å²) in [5, 5.41) is 6.95. The van der Waals surface area contributed by atoms with E-state index in [-0.39, 0.29) is 29.6 Å². The monoisotopic (exact) mass is 473 g/mol. The molecule has 2 atom stereocenters. The molecule has 0 radical (unpaired) electrons. The quantitative estimate of drug-likeness (QED) is 0.542. The van der Waals surface area contributed by atoms with Gasteiger partial charge in [0.15, 0.2) is 16.6 Å². The first-order valence-electron chi connectivity index (χ1n) is 11.1. The lowest BCUT2D eigenvalue weighted by Gasteiger charge is -2.32. The Balaban J connectivity index is 1.28. The summed E-state index contributed by atoms with van der Waals surface area (Å²) in [6.07, 6.45) is 4.24. The molecule has 2 aliphatic rings. The van der Waals surface area contributed by atoms with E-state index in [0.717, 1.165) is 67.9 Å². The van der Waals surface area contributed by atoms with E-state index in [9.17, 15) is 18.4 Å². The molecule has 3 aromatic rings. The van der Waals surface area contributed by atoms with Crippen molar-refractivity contribution < 1.29 is 18.4 Å². The van der Waals surface area contributed by atoms with E-state index < -0.39 is 11.6 Å². The van der Waals surface area contributed by atoms with Crippen LogP contribution in [0.2, 0.25) is 0 Å². The summed E-state index contributed by atoms with van der Waals surface area (Å²) in [5.41, 5.74) is 1.58. The molecule has 2 amide bonds. The summed E-state index contributed by atoms with van der Waals surface area (Å²) in [6.45, 7) is 1.74. The van der Waals surface area contributed by atoms with Crippen LogP contribution in [0.1, 0.15) is 56.5 Å². The number of nitrogens with one attached hydrogen (secondary N) is 3. The standard InChI is InChI=1S/C23H25F2N5O2S/c1-30-7-6-17-20(11-30)33-23(29-17)22(32)28-16-5-3-2-4-15(16)27-21(31)19-9-12-8-13(24)14(25)10-18(12)26-19/h8-10,15-16,26H,2-7,11H2,1H3,(H,27,31)(H,28,32)/t15-,16-/m1/s1. The Morgan fingerprint density at radius 3 is 2.55 bits per heavy atom. The van der Waals surface area contributed by atoms with Crippen LogP contribution in [0.25, 0.3) is 10.9 Å². The zero-order chi connectivity index (χ0) is 23.1. The number of H-pyrrole nitrogens is 1. The smallest absolute Gasteiger partial charge is 0.280 e. The maximum atomic E-state index is 13.5. The fourth-order valence-corrected chi connectivity index (χ4v) is 5.71. The van der Waals surface area contributed by atoms with Crippen LogP contribution >= 0.6 is 11.3 Å². The molecule has 1 aliphatic heterocycles. The number of amides is 2. The van der Waals surface area contributed by atoms with Crippen LogP contribution in [0.5, 0.6) is 0 Å². The summed E-state index contributed by atoms with van der Waals surface area (Å²) in [4.78, 5) is 36.5. The Hall–Kier alpha value is -2.85. The van der Waals surface area contributed by atoms with E-state index in [0.29, 0.717) is 15.9 Å². The van der Waals surface area contributed by atoms with Crippen molar-refractivity contribution in [1.82, 2.24) is 25.5 Å². The molecule has 174 valence electrons. The van der Waals surface area contributed by atoms with Gasteiger partial charge in [-0.3, -0.25) is 9.59 Å². The average molecular weight is 474 g/mol. The van der Waals surface area contributed by atoms with Crippen molar-refractivity contribution in [1.29, 1.82) is 0 Å². The van der Waals surface area contributed by atoms with Gasteiger partial charge in [-0.25, -0.2) is 13.8 Å². The highest BCUT2D eigenvalue weighted by Gasteiger charge is 2.30. The molecule has 1 saturated carbocycles. The molecular weight excluding hydrogens is 448 g/mol.